The third kappa shape index (κ3) is 3.86. The van der Waals surface area contributed by atoms with E-state index in [-0.39, 0.29) is 17.9 Å². The van der Waals surface area contributed by atoms with E-state index in [1.54, 1.807) is 6.20 Å². The predicted octanol–water partition coefficient (Wildman–Crippen LogP) is 3.91. The molecule has 2 heterocycles. The van der Waals surface area contributed by atoms with Crippen molar-refractivity contribution in [3.63, 3.8) is 0 Å². The molecule has 1 aliphatic heterocycles. The van der Waals surface area contributed by atoms with Gasteiger partial charge in [0.2, 0.25) is 0 Å². The molecule has 2 fully saturated rings. The Kier molecular flexibility index (Phi) is 5.30. The highest BCUT2D eigenvalue weighted by atomic mass is 16.5. The molecule has 1 unspecified atom stereocenters. The summed E-state index contributed by atoms with van der Waals surface area (Å²) in [7, 11) is 0. The molecule has 1 aliphatic carbocycles. The van der Waals surface area contributed by atoms with Crippen LogP contribution in [0.5, 0.6) is 0 Å². The number of fused-ring (bicyclic) bond motifs is 1. The fourth-order valence-corrected chi connectivity index (χ4v) is 4.76. The van der Waals surface area contributed by atoms with Gasteiger partial charge in [0.1, 0.15) is 5.69 Å². The molecule has 0 spiro atoms. The van der Waals surface area contributed by atoms with Crippen LogP contribution in [0.15, 0.2) is 24.4 Å². The molecule has 1 saturated heterocycles. The van der Waals surface area contributed by atoms with Crippen molar-refractivity contribution in [2.75, 3.05) is 13.1 Å². The summed E-state index contributed by atoms with van der Waals surface area (Å²) in [5.41, 5.74) is 4.98. The van der Waals surface area contributed by atoms with Gasteiger partial charge in [-0.1, -0.05) is 18.2 Å². The maximum absolute atomic E-state index is 12.8. The van der Waals surface area contributed by atoms with Gasteiger partial charge in [-0.05, 0) is 67.7 Å². The summed E-state index contributed by atoms with van der Waals surface area (Å²) in [5.74, 6) is 0.842. The fraction of sp³-hybridized carbons (Fsp3) is 0.522. The first-order valence-corrected chi connectivity index (χ1v) is 10.4. The smallest absolute Gasteiger partial charge is 0.344 e. The molecule has 2 aromatic rings. The quantitative estimate of drug-likeness (QED) is 0.737. The standard InChI is InChI=1S/C23H29N3O3/c1-14-6-5-7-18(16(14)3)13-29-21-8-19-11-25(12-20(19)9-21)23(28)26-10-15(2)22(24-26)17(4)27/h5-7,10,19-21H,8-9,11-13H2,1-4H3/t19-,20+,21?. The number of rotatable bonds is 4. The third-order valence-corrected chi connectivity index (χ3v) is 6.60. The molecule has 1 amide bonds. The van der Waals surface area contributed by atoms with Gasteiger partial charge in [0.25, 0.3) is 0 Å². The Bertz CT molecular complexity index is 935. The van der Waals surface area contributed by atoms with Crippen LogP contribution >= 0.6 is 0 Å². The van der Waals surface area contributed by atoms with E-state index in [0.29, 0.717) is 24.1 Å². The number of carbonyl (C=O) groups is 2. The van der Waals surface area contributed by atoms with Crippen LogP contribution in [0, 0.1) is 32.6 Å². The van der Waals surface area contributed by atoms with Crippen molar-refractivity contribution in [2.24, 2.45) is 11.8 Å². The number of hydrogen-bond donors (Lipinski definition) is 0. The molecule has 1 saturated carbocycles. The number of ether oxygens (including phenoxy) is 1. The lowest BCUT2D eigenvalue weighted by atomic mass is 10.0. The van der Waals surface area contributed by atoms with Gasteiger partial charge in [-0.15, -0.1) is 0 Å². The van der Waals surface area contributed by atoms with E-state index < -0.39 is 0 Å². The third-order valence-electron chi connectivity index (χ3n) is 6.60. The second kappa shape index (κ2) is 7.75. The number of amides is 1. The van der Waals surface area contributed by atoms with Crippen molar-refractivity contribution in [2.45, 2.75) is 53.2 Å². The summed E-state index contributed by atoms with van der Waals surface area (Å²) in [6.07, 6.45) is 3.91. The minimum atomic E-state index is -0.136. The number of aromatic nitrogens is 2. The lowest BCUT2D eigenvalue weighted by Gasteiger charge is -2.19. The van der Waals surface area contributed by atoms with E-state index in [0.717, 1.165) is 31.5 Å². The van der Waals surface area contributed by atoms with Gasteiger partial charge in [-0.3, -0.25) is 4.79 Å². The van der Waals surface area contributed by atoms with E-state index in [9.17, 15) is 9.59 Å². The Labute approximate surface area is 171 Å². The minimum Gasteiger partial charge on any atom is -0.374 e. The lowest BCUT2D eigenvalue weighted by molar-refractivity contribution is 0.0380. The van der Waals surface area contributed by atoms with Crippen molar-refractivity contribution in [1.29, 1.82) is 0 Å². The average Bonchev–Trinajstić information content (AvgIpc) is 3.35. The SMILES string of the molecule is CC(=O)c1nn(C(=O)N2C[C@H]3CC(OCc4cccc(C)c4C)C[C@H]3C2)cc1C. The second-order valence-corrected chi connectivity index (χ2v) is 8.63. The Morgan fingerprint density at radius 2 is 1.79 bits per heavy atom. The first-order chi connectivity index (χ1) is 13.8. The van der Waals surface area contributed by atoms with Gasteiger partial charge in [-0.2, -0.15) is 9.78 Å². The number of carbonyl (C=O) groups excluding carboxylic acids is 2. The molecule has 6 nitrogen and oxygen atoms in total. The van der Waals surface area contributed by atoms with Crippen LogP contribution in [0.3, 0.4) is 0 Å². The highest BCUT2D eigenvalue weighted by molar-refractivity contribution is 5.94. The number of benzene rings is 1. The number of hydrogen-bond acceptors (Lipinski definition) is 4. The average molecular weight is 396 g/mol. The van der Waals surface area contributed by atoms with Crippen molar-refractivity contribution >= 4 is 11.8 Å². The molecular weight excluding hydrogens is 366 g/mol. The monoisotopic (exact) mass is 395 g/mol. The van der Waals surface area contributed by atoms with Crippen LogP contribution in [0.25, 0.3) is 0 Å². The molecule has 0 bridgehead atoms. The normalized spacial score (nSPS) is 23.4. The van der Waals surface area contributed by atoms with Crippen LogP contribution in [0.1, 0.15) is 52.5 Å². The molecule has 0 radical (unpaired) electrons. The Hall–Kier alpha value is -2.47. The van der Waals surface area contributed by atoms with Crippen LogP contribution in [-0.4, -0.2) is 45.7 Å². The summed E-state index contributed by atoms with van der Waals surface area (Å²) in [4.78, 5) is 26.3. The zero-order chi connectivity index (χ0) is 20.7. The van der Waals surface area contributed by atoms with Gasteiger partial charge in [0.15, 0.2) is 5.78 Å². The highest BCUT2D eigenvalue weighted by Gasteiger charge is 2.43. The summed E-state index contributed by atoms with van der Waals surface area (Å²) in [6, 6.07) is 6.22. The van der Waals surface area contributed by atoms with Crippen molar-refractivity contribution in [1.82, 2.24) is 14.7 Å². The molecule has 4 rings (SSSR count). The fourth-order valence-electron chi connectivity index (χ4n) is 4.76. The van der Waals surface area contributed by atoms with Gasteiger partial charge in [0.05, 0.1) is 12.7 Å². The molecule has 6 heteroatoms. The van der Waals surface area contributed by atoms with Gasteiger partial charge >= 0.3 is 6.03 Å². The van der Waals surface area contributed by atoms with Gasteiger partial charge in [-0.25, -0.2) is 4.79 Å². The molecule has 29 heavy (non-hydrogen) atoms. The predicted molar refractivity (Wildman–Crippen MR) is 110 cm³/mol. The molecule has 2 aliphatic rings. The van der Waals surface area contributed by atoms with Crippen LogP contribution in [0.4, 0.5) is 4.79 Å². The van der Waals surface area contributed by atoms with Crippen LogP contribution in [0.2, 0.25) is 0 Å². The van der Waals surface area contributed by atoms with Crippen LogP contribution in [-0.2, 0) is 11.3 Å². The zero-order valence-corrected chi connectivity index (χ0v) is 17.6. The van der Waals surface area contributed by atoms with E-state index in [1.165, 1.54) is 28.3 Å². The lowest BCUT2D eigenvalue weighted by Crippen LogP contribution is -2.34. The zero-order valence-electron chi connectivity index (χ0n) is 17.6. The number of Topliss-reactive ketones (excluding diaryl/α,β-unsaturated/α-hetero) is 1. The largest absolute Gasteiger partial charge is 0.374 e. The van der Waals surface area contributed by atoms with E-state index in [4.69, 9.17) is 4.74 Å². The maximum Gasteiger partial charge on any atom is 0.344 e. The van der Waals surface area contributed by atoms with Gasteiger partial charge in [0, 0.05) is 26.2 Å². The summed E-state index contributed by atoms with van der Waals surface area (Å²) in [5, 5.41) is 4.19. The second-order valence-electron chi connectivity index (χ2n) is 8.63. The summed E-state index contributed by atoms with van der Waals surface area (Å²) in [6.45, 7) is 9.69. The highest BCUT2D eigenvalue weighted by Crippen LogP contribution is 2.40. The topological polar surface area (TPSA) is 64.4 Å². The van der Waals surface area contributed by atoms with E-state index in [2.05, 4.69) is 37.1 Å². The summed E-state index contributed by atoms with van der Waals surface area (Å²) < 4.78 is 7.55. The summed E-state index contributed by atoms with van der Waals surface area (Å²) >= 11 is 0. The number of aryl methyl sites for hydroxylation is 2. The molecule has 1 aromatic heterocycles. The van der Waals surface area contributed by atoms with E-state index in [1.807, 2.05) is 11.8 Å². The number of likely N-dealkylation sites (tertiary alicyclic amines) is 1. The Morgan fingerprint density at radius 3 is 2.41 bits per heavy atom. The Morgan fingerprint density at radius 1 is 1.10 bits per heavy atom. The van der Waals surface area contributed by atoms with Crippen molar-refractivity contribution < 1.29 is 14.3 Å². The molecule has 3 atom stereocenters. The molecule has 0 N–H and O–H groups in total. The first kappa shape index (κ1) is 19.8. The van der Waals surface area contributed by atoms with E-state index >= 15 is 0 Å². The van der Waals surface area contributed by atoms with Crippen molar-refractivity contribution in [3.8, 4) is 0 Å². The first-order valence-electron chi connectivity index (χ1n) is 10.4. The maximum atomic E-state index is 12.8. The molecule has 1 aromatic carbocycles. The minimum absolute atomic E-state index is 0.115. The molecule has 154 valence electrons. The van der Waals surface area contributed by atoms with Gasteiger partial charge < -0.3 is 9.64 Å². The number of ketones is 1. The Balaban J connectivity index is 1.33. The van der Waals surface area contributed by atoms with Crippen LogP contribution < -0.4 is 0 Å². The number of nitrogens with zero attached hydrogens (tertiary/aromatic N) is 3. The van der Waals surface area contributed by atoms with Crippen molar-refractivity contribution in [3.05, 3.63) is 52.3 Å². The molecular formula is C23H29N3O3.